The molecule has 0 atom stereocenters. The molecule has 2 aliphatic rings. The Hall–Kier alpha value is -1.33. The maximum atomic E-state index is 12.0. The fourth-order valence-corrected chi connectivity index (χ4v) is 4.35. The first-order valence-corrected chi connectivity index (χ1v) is 8.13. The summed E-state index contributed by atoms with van der Waals surface area (Å²) in [5.74, 6) is -0.0132. The van der Waals surface area contributed by atoms with Crippen LogP contribution in [-0.4, -0.2) is 26.1 Å². The molecule has 1 aromatic rings. The van der Waals surface area contributed by atoms with Crippen molar-refractivity contribution in [2.45, 2.75) is 36.6 Å². The molecule has 19 heavy (non-hydrogen) atoms. The van der Waals surface area contributed by atoms with Gasteiger partial charge in [0.15, 0.2) is 0 Å². The van der Waals surface area contributed by atoms with E-state index in [9.17, 15) is 13.5 Å². The maximum Gasteiger partial charge on any atom is 0.200 e. The Morgan fingerprint density at radius 2 is 2.00 bits per heavy atom. The summed E-state index contributed by atoms with van der Waals surface area (Å²) in [5.41, 5.74) is 1.50. The number of nitrogens with one attached hydrogen (secondary N) is 1. The van der Waals surface area contributed by atoms with Crippen LogP contribution in [0.15, 0.2) is 28.5 Å². The summed E-state index contributed by atoms with van der Waals surface area (Å²) in [6, 6.07) is 5.04. The summed E-state index contributed by atoms with van der Waals surface area (Å²) in [4.78, 5) is 0.218. The van der Waals surface area contributed by atoms with E-state index in [0.717, 1.165) is 5.57 Å². The summed E-state index contributed by atoms with van der Waals surface area (Å²) in [6.45, 7) is 0.571. The van der Waals surface area contributed by atoms with E-state index in [4.69, 9.17) is 0 Å². The van der Waals surface area contributed by atoms with Crippen LogP contribution >= 0.6 is 0 Å². The average Bonchev–Trinajstić information content (AvgIpc) is 2.94. The number of rotatable bonds is 3. The van der Waals surface area contributed by atoms with E-state index in [2.05, 4.69) is 5.32 Å². The fraction of sp³-hybridized carbons (Fsp3) is 0.429. The van der Waals surface area contributed by atoms with Crippen molar-refractivity contribution in [1.29, 1.82) is 0 Å². The molecule has 1 fully saturated rings. The van der Waals surface area contributed by atoms with Gasteiger partial charge in [-0.1, -0.05) is 12.8 Å². The number of sulfone groups is 1. The van der Waals surface area contributed by atoms with Crippen molar-refractivity contribution in [1.82, 2.24) is 5.32 Å². The van der Waals surface area contributed by atoms with Gasteiger partial charge in [-0.15, -0.1) is 0 Å². The van der Waals surface area contributed by atoms with Crippen molar-refractivity contribution < 1.29 is 13.5 Å². The molecule has 102 valence electrons. The molecule has 0 aromatic heterocycles. The van der Waals surface area contributed by atoms with Crippen LogP contribution in [0, 0.1) is 0 Å². The minimum absolute atomic E-state index is 0.0132. The molecule has 0 radical (unpaired) electrons. The largest absolute Gasteiger partial charge is 0.508 e. The monoisotopic (exact) mass is 279 g/mol. The van der Waals surface area contributed by atoms with E-state index in [0.29, 0.717) is 18.2 Å². The highest BCUT2D eigenvalue weighted by atomic mass is 32.2. The van der Waals surface area contributed by atoms with Gasteiger partial charge in [0.25, 0.3) is 0 Å². The summed E-state index contributed by atoms with van der Waals surface area (Å²) in [6.07, 6.45) is 4.84. The van der Waals surface area contributed by atoms with Gasteiger partial charge in [-0.2, -0.15) is 0 Å². The molecule has 0 amide bonds. The van der Waals surface area contributed by atoms with Gasteiger partial charge in [0.2, 0.25) is 9.84 Å². The van der Waals surface area contributed by atoms with E-state index in [-0.39, 0.29) is 10.6 Å². The van der Waals surface area contributed by atoms with Crippen LogP contribution in [0.3, 0.4) is 0 Å². The second-order valence-corrected chi connectivity index (χ2v) is 7.00. The quantitative estimate of drug-likeness (QED) is 0.888. The second-order valence-electron chi connectivity index (χ2n) is 5.23. The van der Waals surface area contributed by atoms with Crippen LogP contribution in [0.2, 0.25) is 0 Å². The smallest absolute Gasteiger partial charge is 0.200 e. The lowest BCUT2D eigenvalue weighted by Gasteiger charge is -2.12. The molecule has 0 unspecified atom stereocenters. The first-order chi connectivity index (χ1) is 9.06. The number of fused-ring (bicyclic) bond motifs is 1. The second kappa shape index (κ2) is 4.65. The van der Waals surface area contributed by atoms with Gasteiger partial charge in [0.1, 0.15) is 5.75 Å². The van der Waals surface area contributed by atoms with Crippen molar-refractivity contribution in [3.05, 3.63) is 29.2 Å². The van der Waals surface area contributed by atoms with Crippen molar-refractivity contribution in [3.63, 3.8) is 0 Å². The first kappa shape index (κ1) is 12.7. The van der Waals surface area contributed by atoms with E-state index >= 15 is 0 Å². The topological polar surface area (TPSA) is 66.4 Å². The van der Waals surface area contributed by atoms with E-state index in [1.54, 1.807) is 6.07 Å². The lowest BCUT2D eigenvalue weighted by atomic mass is 10.1. The summed E-state index contributed by atoms with van der Waals surface area (Å²) < 4.78 is 24.0. The van der Waals surface area contributed by atoms with E-state index in [1.807, 2.05) is 0 Å². The number of phenols is 1. The Balaban J connectivity index is 1.83. The zero-order chi connectivity index (χ0) is 13.5. The van der Waals surface area contributed by atoms with Gasteiger partial charge >= 0.3 is 0 Å². The maximum absolute atomic E-state index is 12.0. The molecule has 5 heteroatoms. The van der Waals surface area contributed by atoms with E-state index < -0.39 is 9.84 Å². The number of hydrogen-bond acceptors (Lipinski definition) is 4. The Labute approximate surface area is 113 Å². The molecule has 2 N–H and O–H groups in total. The third-order valence-electron chi connectivity index (χ3n) is 3.85. The van der Waals surface area contributed by atoms with Crippen molar-refractivity contribution >= 4 is 15.4 Å². The molecular formula is C14H17NO3S. The minimum Gasteiger partial charge on any atom is -0.508 e. The van der Waals surface area contributed by atoms with Gasteiger partial charge in [-0.25, -0.2) is 8.42 Å². The highest BCUT2D eigenvalue weighted by molar-refractivity contribution is 7.95. The van der Waals surface area contributed by atoms with Crippen LogP contribution in [0.25, 0.3) is 5.57 Å². The summed E-state index contributed by atoms with van der Waals surface area (Å²) >= 11 is 0. The van der Waals surface area contributed by atoms with Gasteiger partial charge < -0.3 is 10.4 Å². The van der Waals surface area contributed by atoms with Crippen molar-refractivity contribution in [3.8, 4) is 5.75 Å². The molecule has 0 spiro atoms. The molecular weight excluding hydrogens is 262 g/mol. The number of phenolic OH excluding ortho intramolecular Hbond substituents is 1. The standard InChI is InChI=1S/C14H17NO3S/c16-12-5-6-13-10(8-15-11-3-1-2-4-11)9-19(17,18)14(13)7-12/h5-7,9,11,15-16H,1-4,8H2. The average molecular weight is 279 g/mol. The number of hydrogen-bond donors (Lipinski definition) is 2. The predicted molar refractivity (Wildman–Crippen MR) is 73.5 cm³/mol. The Bertz CT molecular complexity index is 628. The Kier molecular flexibility index (Phi) is 3.11. The lowest BCUT2D eigenvalue weighted by molar-refractivity contribution is 0.473. The molecule has 1 aromatic carbocycles. The Morgan fingerprint density at radius 3 is 2.74 bits per heavy atom. The zero-order valence-electron chi connectivity index (χ0n) is 10.6. The predicted octanol–water partition coefficient (Wildman–Crippen LogP) is 2.05. The molecule has 3 rings (SSSR count). The fourth-order valence-electron chi connectivity index (χ4n) is 2.85. The highest BCUT2D eigenvalue weighted by Gasteiger charge is 2.27. The third kappa shape index (κ3) is 2.40. The number of benzene rings is 1. The van der Waals surface area contributed by atoms with Gasteiger partial charge in [0, 0.05) is 18.0 Å². The molecule has 4 nitrogen and oxygen atoms in total. The molecule has 0 saturated heterocycles. The van der Waals surface area contributed by atoms with Crippen molar-refractivity contribution in [2.75, 3.05) is 6.54 Å². The third-order valence-corrected chi connectivity index (χ3v) is 5.40. The van der Waals surface area contributed by atoms with Crippen molar-refractivity contribution in [2.24, 2.45) is 0 Å². The van der Waals surface area contributed by atoms with Crippen LogP contribution < -0.4 is 5.32 Å². The number of aromatic hydroxyl groups is 1. The van der Waals surface area contributed by atoms with E-state index in [1.165, 1.54) is 43.2 Å². The molecule has 1 heterocycles. The minimum atomic E-state index is -3.39. The molecule has 0 bridgehead atoms. The SMILES string of the molecule is O=S1(=O)C=C(CNC2CCCC2)c2ccc(O)cc21. The molecule has 1 aliphatic carbocycles. The molecule has 1 aliphatic heterocycles. The van der Waals surface area contributed by atoms with Crippen LogP contribution in [0.4, 0.5) is 0 Å². The Morgan fingerprint density at radius 1 is 1.26 bits per heavy atom. The zero-order valence-corrected chi connectivity index (χ0v) is 11.4. The first-order valence-electron chi connectivity index (χ1n) is 6.59. The van der Waals surface area contributed by atoms with Gasteiger partial charge in [-0.3, -0.25) is 0 Å². The van der Waals surface area contributed by atoms with Gasteiger partial charge in [-0.05, 0) is 42.2 Å². The highest BCUT2D eigenvalue weighted by Crippen LogP contribution is 2.35. The van der Waals surface area contributed by atoms with Crippen LogP contribution in [-0.2, 0) is 9.84 Å². The normalized spacial score (nSPS) is 21.4. The van der Waals surface area contributed by atoms with Crippen LogP contribution in [0.1, 0.15) is 31.2 Å². The van der Waals surface area contributed by atoms with Crippen LogP contribution in [0.5, 0.6) is 5.75 Å². The lowest BCUT2D eigenvalue weighted by Crippen LogP contribution is -2.27. The molecule has 1 saturated carbocycles. The van der Waals surface area contributed by atoms with Gasteiger partial charge in [0.05, 0.1) is 4.90 Å². The summed E-state index contributed by atoms with van der Waals surface area (Å²) in [7, 11) is -3.39. The summed E-state index contributed by atoms with van der Waals surface area (Å²) in [5, 5.41) is 14.2.